The maximum absolute atomic E-state index is 12.6. The van der Waals surface area contributed by atoms with Gasteiger partial charge in [0.25, 0.3) is 0 Å². The molecule has 0 bridgehead atoms. The summed E-state index contributed by atoms with van der Waals surface area (Å²) < 4.78 is 22.6. The fraction of sp³-hybridized carbons (Fsp3) is 0.400. The quantitative estimate of drug-likeness (QED) is 0.628. The number of carbonyl (C=O) groups is 1. The normalized spacial score (nSPS) is 16.4. The molecule has 7 nitrogen and oxygen atoms in total. The lowest BCUT2D eigenvalue weighted by molar-refractivity contribution is -0.139. The molecular weight excluding hydrogens is 428 g/mol. The Labute approximate surface area is 172 Å². The van der Waals surface area contributed by atoms with E-state index in [1.54, 1.807) is 26.0 Å². The molecule has 0 amide bonds. The van der Waals surface area contributed by atoms with Gasteiger partial charge in [0, 0.05) is 0 Å². The zero-order valence-corrected chi connectivity index (χ0v) is 17.9. The number of benzene rings is 1. The van der Waals surface area contributed by atoms with Crippen molar-refractivity contribution in [1.82, 2.24) is 0 Å². The summed E-state index contributed by atoms with van der Waals surface area (Å²) in [5, 5.41) is 9.68. The zero-order valence-electron chi connectivity index (χ0n) is 16.3. The SMILES string of the molecule is CCOC(=O)C1=C(C)OC(N)=C(C#N)C1c1cc(Br)c(OCC)c(OCC)c1. The topological polar surface area (TPSA) is 104 Å². The lowest BCUT2D eigenvalue weighted by atomic mass is 9.83. The van der Waals surface area contributed by atoms with Crippen LogP contribution in [0, 0.1) is 11.3 Å². The number of esters is 1. The van der Waals surface area contributed by atoms with Gasteiger partial charge >= 0.3 is 5.97 Å². The molecule has 150 valence electrons. The Hall–Kier alpha value is -2.66. The summed E-state index contributed by atoms with van der Waals surface area (Å²) in [6, 6.07) is 5.58. The zero-order chi connectivity index (χ0) is 20.8. The summed E-state index contributed by atoms with van der Waals surface area (Å²) in [5.74, 6) is -0.00734. The van der Waals surface area contributed by atoms with Crippen LogP contribution in [-0.4, -0.2) is 25.8 Å². The van der Waals surface area contributed by atoms with Gasteiger partial charge in [0.1, 0.15) is 17.4 Å². The summed E-state index contributed by atoms with van der Waals surface area (Å²) in [6.45, 7) is 8.13. The number of hydrogen-bond acceptors (Lipinski definition) is 7. The molecule has 0 aliphatic carbocycles. The van der Waals surface area contributed by atoms with Crippen molar-refractivity contribution in [1.29, 1.82) is 5.26 Å². The van der Waals surface area contributed by atoms with Crippen molar-refractivity contribution in [2.24, 2.45) is 5.73 Å². The molecule has 1 unspecified atom stereocenters. The molecule has 8 heteroatoms. The minimum absolute atomic E-state index is 0.0407. The first-order chi connectivity index (χ1) is 13.4. The highest BCUT2D eigenvalue weighted by Gasteiger charge is 2.37. The Morgan fingerprint density at radius 1 is 1.25 bits per heavy atom. The largest absolute Gasteiger partial charge is 0.490 e. The first-order valence-electron chi connectivity index (χ1n) is 8.93. The predicted molar refractivity (Wildman–Crippen MR) is 106 cm³/mol. The maximum atomic E-state index is 12.6. The van der Waals surface area contributed by atoms with Crippen LogP contribution >= 0.6 is 15.9 Å². The Morgan fingerprint density at radius 2 is 1.93 bits per heavy atom. The first-order valence-corrected chi connectivity index (χ1v) is 9.73. The van der Waals surface area contributed by atoms with E-state index in [1.807, 2.05) is 13.8 Å². The molecule has 0 radical (unpaired) electrons. The molecule has 1 aromatic rings. The van der Waals surface area contributed by atoms with Gasteiger partial charge in [-0.2, -0.15) is 5.26 Å². The third-order valence-electron chi connectivity index (χ3n) is 4.05. The minimum Gasteiger partial charge on any atom is -0.490 e. The minimum atomic E-state index is -0.746. The van der Waals surface area contributed by atoms with Gasteiger partial charge in [0.2, 0.25) is 5.88 Å². The molecule has 0 saturated carbocycles. The van der Waals surface area contributed by atoms with Crippen LogP contribution in [0.1, 0.15) is 39.2 Å². The molecule has 1 atom stereocenters. The van der Waals surface area contributed by atoms with Gasteiger partial charge < -0.3 is 24.7 Å². The fourth-order valence-corrected chi connectivity index (χ4v) is 3.56. The fourth-order valence-electron chi connectivity index (χ4n) is 2.99. The van der Waals surface area contributed by atoms with Crippen molar-refractivity contribution in [3.05, 3.63) is 45.0 Å². The average Bonchev–Trinajstić information content (AvgIpc) is 2.64. The number of halogens is 1. The molecule has 0 aromatic heterocycles. The second kappa shape index (κ2) is 9.51. The van der Waals surface area contributed by atoms with Crippen LogP contribution in [0.25, 0.3) is 0 Å². The number of hydrogen-bond donors (Lipinski definition) is 1. The molecular formula is C20H23BrN2O5. The van der Waals surface area contributed by atoms with E-state index in [1.165, 1.54) is 0 Å². The highest BCUT2D eigenvalue weighted by Crippen LogP contribution is 2.45. The van der Waals surface area contributed by atoms with Crippen LogP contribution in [0.5, 0.6) is 11.5 Å². The number of ether oxygens (including phenoxy) is 4. The van der Waals surface area contributed by atoms with Crippen LogP contribution in [0.3, 0.4) is 0 Å². The van der Waals surface area contributed by atoms with E-state index in [0.29, 0.717) is 40.5 Å². The molecule has 2 rings (SSSR count). The van der Waals surface area contributed by atoms with Crippen molar-refractivity contribution in [2.75, 3.05) is 19.8 Å². The lowest BCUT2D eigenvalue weighted by Crippen LogP contribution is -2.25. The molecule has 0 fully saturated rings. The molecule has 1 aliphatic heterocycles. The van der Waals surface area contributed by atoms with Crippen molar-refractivity contribution < 1.29 is 23.7 Å². The van der Waals surface area contributed by atoms with Crippen molar-refractivity contribution in [3.8, 4) is 17.6 Å². The third kappa shape index (κ3) is 4.25. The molecule has 2 N–H and O–H groups in total. The van der Waals surface area contributed by atoms with Crippen LogP contribution in [0.4, 0.5) is 0 Å². The van der Waals surface area contributed by atoms with E-state index >= 15 is 0 Å². The second-order valence-corrected chi connectivity index (χ2v) is 6.67. The number of nitrogens with two attached hydrogens (primary N) is 1. The summed E-state index contributed by atoms with van der Waals surface area (Å²) in [4.78, 5) is 12.6. The number of nitriles is 1. The van der Waals surface area contributed by atoms with Gasteiger partial charge in [-0.3, -0.25) is 0 Å². The van der Waals surface area contributed by atoms with Crippen LogP contribution < -0.4 is 15.2 Å². The highest BCUT2D eigenvalue weighted by molar-refractivity contribution is 9.10. The summed E-state index contributed by atoms with van der Waals surface area (Å²) in [7, 11) is 0. The maximum Gasteiger partial charge on any atom is 0.338 e. The summed E-state index contributed by atoms with van der Waals surface area (Å²) in [6.07, 6.45) is 0. The Bertz CT molecular complexity index is 870. The predicted octanol–water partition coefficient (Wildman–Crippen LogP) is 3.89. The van der Waals surface area contributed by atoms with Gasteiger partial charge in [0.15, 0.2) is 11.5 Å². The van der Waals surface area contributed by atoms with Crippen LogP contribution in [-0.2, 0) is 14.3 Å². The van der Waals surface area contributed by atoms with Crippen molar-refractivity contribution in [3.63, 3.8) is 0 Å². The van der Waals surface area contributed by atoms with Crippen molar-refractivity contribution in [2.45, 2.75) is 33.6 Å². The molecule has 0 saturated heterocycles. The van der Waals surface area contributed by atoms with E-state index in [4.69, 9.17) is 24.7 Å². The molecule has 1 aromatic carbocycles. The number of nitrogens with zero attached hydrogens (tertiary/aromatic N) is 1. The van der Waals surface area contributed by atoms with Crippen molar-refractivity contribution >= 4 is 21.9 Å². The van der Waals surface area contributed by atoms with Gasteiger partial charge in [-0.1, -0.05) is 0 Å². The van der Waals surface area contributed by atoms with Crippen LogP contribution in [0.2, 0.25) is 0 Å². The number of carbonyl (C=O) groups excluding carboxylic acids is 1. The summed E-state index contributed by atoms with van der Waals surface area (Å²) in [5.41, 5.74) is 6.93. The van der Waals surface area contributed by atoms with Gasteiger partial charge in [-0.05, 0) is 61.3 Å². The number of allylic oxidation sites excluding steroid dienone is 2. The van der Waals surface area contributed by atoms with E-state index in [-0.39, 0.29) is 23.6 Å². The lowest BCUT2D eigenvalue weighted by Gasteiger charge is -2.27. The number of rotatable bonds is 7. The Morgan fingerprint density at radius 3 is 2.50 bits per heavy atom. The van der Waals surface area contributed by atoms with Crippen LogP contribution in [0.15, 0.2) is 39.4 Å². The monoisotopic (exact) mass is 450 g/mol. The third-order valence-corrected chi connectivity index (χ3v) is 4.64. The average molecular weight is 451 g/mol. The first kappa shape index (κ1) is 21.6. The molecule has 0 spiro atoms. The summed E-state index contributed by atoms with van der Waals surface area (Å²) >= 11 is 3.50. The van der Waals surface area contributed by atoms with Gasteiger partial charge in [-0.15, -0.1) is 0 Å². The van der Waals surface area contributed by atoms with Gasteiger partial charge in [-0.25, -0.2) is 4.79 Å². The molecule has 28 heavy (non-hydrogen) atoms. The standard InChI is InChI=1S/C20H23BrN2O5/c1-5-25-15-9-12(8-14(21)18(15)26-6-2)17-13(10-22)19(23)28-11(4)16(17)20(24)27-7-3/h8-9,17H,5-7,23H2,1-4H3. The van der Waals surface area contributed by atoms with E-state index in [9.17, 15) is 10.1 Å². The Kier molecular flexibility index (Phi) is 7.35. The molecule has 1 heterocycles. The smallest absolute Gasteiger partial charge is 0.338 e. The van der Waals surface area contributed by atoms with E-state index in [2.05, 4.69) is 22.0 Å². The Balaban J connectivity index is 2.70. The van der Waals surface area contributed by atoms with Gasteiger partial charge in [0.05, 0.1) is 35.8 Å². The highest BCUT2D eigenvalue weighted by atomic mass is 79.9. The van der Waals surface area contributed by atoms with E-state index < -0.39 is 11.9 Å². The molecule has 1 aliphatic rings. The second-order valence-electron chi connectivity index (χ2n) is 5.81. The van der Waals surface area contributed by atoms with E-state index in [0.717, 1.165) is 0 Å².